The molecule has 0 radical (unpaired) electrons. The molecule has 0 atom stereocenters. The molecule has 3 rings (SSSR count). The van der Waals surface area contributed by atoms with Crippen LogP contribution < -0.4 is 5.32 Å². The van der Waals surface area contributed by atoms with Crippen LogP contribution in [-0.2, 0) is 11.2 Å². The normalized spacial score (nSPS) is 10.7. The number of nitrogens with one attached hydrogen (secondary N) is 1. The Hall–Kier alpha value is -2.27. The quantitative estimate of drug-likeness (QED) is 0.803. The van der Waals surface area contributed by atoms with Gasteiger partial charge in [-0.1, -0.05) is 17.4 Å². The van der Waals surface area contributed by atoms with E-state index < -0.39 is 0 Å². The highest BCUT2D eigenvalue weighted by Crippen LogP contribution is 2.26. The van der Waals surface area contributed by atoms with Crippen molar-refractivity contribution in [1.82, 2.24) is 9.97 Å². The first kappa shape index (κ1) is 12.7. The van der Waals surface area contributed by atoms with Crippen LogP contribution >= 0.6 is 11.3 Å². The zero-order valence-electron chi connectivity index (χ0n) is 11.0. The summed E-state index contributed by atoms with van der Waals surface area (Å²) in [6.45, 7) is 2.04. The number of carbonyl (C=O) groups excluding carboxylic acids is 1. The fourth-order valence-corrected chi connectivity index (χ4v) is 2.92. The van der Waals surface area contributed by atoms with Crippen LogP contribution in [0.15, 0.2) is 42.7 Å². The number of pyridine rings is 1. The van der Waals surface area contributed by atoms with Gasteiger partial charge < -0.3 is 5.32 Å². The highest BCUT2D eigenvalue weighted by Gasteiger charge is 2.08. The van der Waals surface area contributed by atoms with Crippen molar-refractivity contribution < 1.29 is 4.79 Å². The first-order valence-electron chi connectivity index (χ1n) is 6.27. The van der Waals surface area contributed by atoms with E-state index in [1.165, 1.54) is 16.9 Å². The zero-order chi connectivity index (χ0) is 13.9. The third kappa shape index (κ3) is 2.83. The van der Waals surface area contributed by atoms with Crippen LogP contribution in [0.2, 0.25) is 0 Å². The van der Waals surface area contributed by atoms with E-state index in [0.29, 0.717) is 11.6 Å². The second-order valence-corrected chi connectivity index (χ2v) is 5.60. The number of hydrogen-bond donors (Lipinski definition) is 1. The van der Waals surface area contributed by atoms with Gasteiger partial charge >= 0.3 is 0 Å². The minimum absolute atomic E-state index is 0.0630. The van der Waals surface area contributed by atoms with E-state index in [2.05, 4.69) is 21.4 Å². The van der Waals surface area contributed by atoms with E-state index in [1.807, 2.05) is 31.2 Å². The molecule has 2 heterocycles. The first-order valence-corrected chi connectivity index (χ1v) is 7.08. The molecule has 0 fully saturated rings. The second kappa shape index (κ2) is 5.38. The van der Waals surface area contributed by atoms with E-state index >= 15 is 0 Å². The van der Waals surface area contributed by atoms with E-state index in [1.54, 1.807) is 12.4 Å². The Morgan fingerprint density at radius 3 is 2.85 bits per heavy atom. The third-order valence-electron chi connectivity index (χ3n) is 2.90. The smallest absolute Gasteiger partial charge is 0.230 e. The van der Waals surface area contributed by atoms with E-state index in [-0.39, 0.29) is 5.91 Å². The average Bonchev–Trinajstić information content (AvgIpc) is 2.80. The third-order valence-corrected chi connectivity index (χ3v) is 3.84. The maximum absolute atomic E-state index is 12.0. The molecule has 2 aromatic heterocycles. The number of carbonyl (C=O) groups is 1. The molecule has 0 bridgehead atoms. The predicted molar refractivity (Wildman–Crippen MR) is 80.9 cm³/mol. The van der Waals surface area contributed by atoms with Gasteiger partial charge in [0.05, 0.1) is 16.6 Å². The van der Waals surface area contributed by atoms with Crippen LogP contribution in [0.1, 0.15) is 11.1 Å². The molecule has 0 aliphatic heterocycles. The van der Waals surface area contributed by atoms with Crippen molar-refractivity contribution in [2.45, 2.75) is 13.3 Å². The van der Waals surface area contributed by atoms with Crippen LogP contribution in [0, 0.1) is 6.92 Å². The zero-order valence-corrected chi connectivity index (χ0v) is 11.8. The Bertz CT molecular complexity index is 752. The van der Waals surface area contributed by atoms with Gasteiger partial charge in [-0.3, -0.25) is 9.78 Å². The average molecular weight is 283 g/mol. The molecule has 4 nitrogen and oxygen atoms in total. The van der Waals surface area contributed by atoms with Gasteiger partial charge in [0.1, 0.15) is 0 Å². The molecular formula is C15H13N3OS. The van der Waals surface area contributed by atoms with Crippen LogP contribution in [0.25, 0.3) is 10.2 Å². The number of aryl methyl sites for hydroxylation is 1. The minimum Gasteiger partial charge on any atom is -0.302 e. The molecule has 20 heavy (non-hydrogen) atoms. The molecule has 3 aromatic rings. The molecule has 0 aliphatic carbocycles. The molecule has 1 N–H and O–H groups in total. The lowest BCUT2D eigenvalue weighted by Crippen LogP contribution is -2.14. The van der Waals surface area contributed by atoms with Gasteiger partial charge in [0.15, 0.2) is 5.13 Å². The molecule has 0 unspecified atom stereocenters. The van der Waals surface area contributed by atoms with E-state index in [9.17, 15) is 4.79 Å². The minimum atomic E-state index is -0.0630. The maximum Gasteiger partial charge on any atom is 0.230 e. The first-order chi connectivity index (χ1) is 9.70. The molecule has 1 amide bonds. The lowest BCUT2D eigenvalue weighted by molar-refractivity contribution is -0.115. The number of fused-ring (bicyclic) bond motifs is 1. The Kier molecular flexibility index (Phi) is 3.43. The highest BCUT2D eigenvalue weighted by molar-refractivity contribution is 7.22. The lowest BCUT2D eigenvalue weighted by atomic mass is 10.2. The number of rotatable bonds is 3. The summed E-state index contributed by atoms with van der Waals surface area (Å²) >= 11 is 1.49. The predicted octanol–water partition coefficient (Wildman–Crippen LogP) is 3.18. The maximum atomic E-state index is 12.0. The van der Waals surface area contributed by atoms with Crippen molar-refractivity contribution >= 4 is 32.6 Å². The van der Waals surface area contributed by atoms with Gasteiger partial charge in [-0.15, -0.1) is 0 Å². The van der Waals surface area contributed by atoms with Gasteiger partial charge in [0.2, 0.25) is 5.91 Å². The van der Waals surface area contributed by atoms with Crippen LogP contribution in [0.5, 0.6) is 0 Å². The van der Waals surface area contributed by atoms with Crippen molar-refractivity contribution in [3.63, 3.8) is 0 Å². The fourth-order valence-electron chi connectivity index (χ4n) is 1.93. The summed E-state index contributed by atoms with van der Waals surface area (Å²) in [5, 5.41) is 3.49. The van der Waals surface area contributed by atoms with Crippen molar-refractivity contribution in [3.8, 4) is 0 Å². The standard InChI is InChI=1S/C15H13N3OS/c1-10-2-3-12-13(8-10)20-15(17-12)18-14(19)9-11-4-6-16-7-5-11/h2-8H,9H2,1H3,(H,17,18,19). The summed E-state index contributed by atoms with van der Waals surface area (Å²) in [5.74, 6) is -0.0630. The van der Waals surface area contributed by atoms with E-state index in [0.717, 1.165) is 15.8 Å². The summed E-state index contributed by atoms with van der Waals surface area (Å²) in [6.07, 6.45) is 3.70. The molecule has 0 spiro atoms. The molecule has 5 heteroatoms. The van der Waals surface area contributed by atoms with Crippen molar-refractivity contribution in [1.29, 1.82) is 0 Å². The fraction of sp³-hybridized carbons (Fsp3) is 0.133. The number of hydrogen-bond acceptors (Lipinski definition) is 4. The van der Waals surface area contributed by atoms with Crippen LogP contribution in [0.3, 0.4) is 0 Å². The van der Waals surface area contributed by atoms with Gasteiger partial charge in [0.25, 0.3) is 0 Å². The number of benzene rings is 1. The SMILES string of the molecule is Cc1ccc2nc(NC(=O)Cc3ccncc3)sc2c1. The second-order valence-electron chi connectivity index (χ2n) is 4.57. The van der Waals surface area contributed by atoms with Crippen molar-refractivity contribution in [2.24, 2.45) is 0 Å². The van der Waals surface area contributed by atoms with Crippen molar-refractivity contribution in [2.75, 3.05) is 5.32 Å². The van der Waals surface area contributed by atoms with Gasteiger partial charge in [-0.2, -0.15) is 0 Å². The molecule has 1 aromatic carbocycles. The Morgan fingerprint density at radius 1 is 1.25 bits per heavy atom. The monoisotopic (exact) mass is 283 g/mol. The molecule has 0 saturated carbocycles. The molecule has 0 aliphatic rings. The van der Waals surface area contributed by atoms with Crippen molar-refractivity contribution in [3.05, 3.63) is 53.9 Å². The topological polar surface area (TPSA) is 54.9 Å². The Balaban J connectivity index is 1.74. The summed E-state index contributed by atoms with van der Waals surface area (Å²) in [6, 6.07) is 9.73. The van der Waals surface area contributed by atoms with E-state index in [4.69, 9.17) is 0 Å². The van der Waals surface area contributed by atoms with Gasteiger partial charge in [-0.05, 0) is 42.3 Å². The summed E-state index contributed by atoms with van der Waals surface area (Å²) in [7, 11) is 0. The Labute approximate surface area is 120 Å². The summed E-state index contributed by atoms with van der Waals surface area (Å²) in [5.41, 5.74) is 3.05. The lowest BCUT2D eigenvalue weighted by Gasteiger charge is -2.00. The molecule has 0 saturated heterocycles. The number of aromatic nitrogens is 2. The molecule has 100 valence electrons. The number of nitrogens with zero attached hydrogens (tertiary/aromatic N) is 2. The van der Waals surface area contributed by atoms with Crippen LogP contribution in [0.4, 0.5) is 5.13 Å². The van der Waals surface area contributed by atoms with Gasteiger partial charge in [0, 0.05) is 12.4 Å². The number of anilines is 1. The Morgan fingerprint density at radius 2 is 2.05 bits per heavy atom. The van der Waals surface area contributed by atoms with Crippen LogP contribution in [-0.4, -0.2) is 15.9 Å². The van der Waals surface area contributed by atoms with Gasteiger partial charge in [-0.25, -0.2) is 4.98 Å². The summed E-state index contributed by atoms with van der Waals surface area (Å²) in [4.78, 5) is 20.3. The number of amides is 1. The summed E-state index contributed by atoms with van der Waals surface area (Å²) < 4.78 is 1.09. The molecular weight excluding hydrogens is 270 g/mol. The number of thiazole rings is 1. The largest absolute Gasteiger partial charge is 0.302 e. The highest BCUT2D eigenvalue weighted by atomic mass is 32.1.